The normalized spacial score (nSPS) is 16.9. The maximum absolute atomic E-state index is 14.1. The number of hydrogen-bond donors (Lipinski definition) is 4. The lowest BCUT2D eigenvalue weighted by Gasteiger charge is -2.36. The number of carbonyl (C=O) groups is 4. The zero-order valence-electron chi connectivity index (χ0n) is 28.7. The molecular formula is C35H44N8O6S. The molecule has 2 aromatic carbocycles. The van der Waals surface area contributed by atoms with Crippen LogP contribution in [0, 0.1) is 12.3 Å². The minimum atomic E-state index is -1.09. The third-order valence-corrected chi connectivity index (χ3v) is 9.24. The van der Waals surface area contributed by atoms with E-state index in [1.54, 1.807) is 37.6 Å². The van der Waals surface area contributed by atoms with Crippen LogP contribution < -0.4 is 16.0 Å². The van der Waals surface area contributed by atoms with Gasteiger partial charge in [0.15, 0.2) is 0 Å². The molecule has 1 aliphatic rings. The van der Waals surface area contributed by atoms with Crippen LogP contribution in [0.3, 0.4) is 0 Å². The molecule has 4 rings (SSSR count). The molecule has 4 amide bonds. The van der Waals surface area contributed by atoms with Crippen molar-refractivity contribution in [1.82, 2.24) is 25.8 Å². The van der Waals surface area contributed by atoms with Crippen LogP contribution in [0.1, 0.15) is 44.0 Å². The second kappa shape index (κ2) is 17.7. The molecule has 0 bridgehead atoms. The van der Waals surface area contributed by atoms with E-state index in [1.807, 2.05) is 61.5 Å². The number of ether oxygens (including phenoxy) is 1. The first-order chi connectivity index (χ1) is 23.9. The van der Waals surface area contributed by atoms with E-state index in [0.717, 1.165) is 27.3 Å². The molecule has 14 nitrogen and oxygen atoms in total. The van der Waals surface area contributed by atoms with Gasteiger partial charge in [0.25, 0.3) is 0 Å². The maximum Gasteiger partial charge on any atom is 0.246 e. The summed E-state index contributed by atoms with van der Waals surface area (Å²) in [7, 11) is 0. The van der Waals surface area contributed by atoms with Crippen LogP contribution in [-0.2, 0) is 36.9 Å². The Bertz CT molecular complexity index is 1670. The smallest absolute Gasteiger partial charge is 0.246 e. The molecule has 0 saturated carbocycles. The van der Waals surface area contributed by atoms with E-state index in [1.165, 1.54) is 4.90 Å². The van der Waals surface area contributed by atoms with E-state index >= 15 is 0 Å². The zero-order chi connectivity index (χ0) is 36.3. The van der Waals surface area contributed by atoms with Gasteiger partial charge in [-0.2, -0.15) is 0 Å². The van der Waals surface area contributed by atoms with Crippen molar-refractivity contribution in [1.29, 1.82) is 0 Å². The monoisotopic (exact) mass is 704 g/mol. The molecule has 1 fully saturated rings. The fourth-order valence-corrected chi connectivity index (χ4v) is 6.44. The summed E-state index contributed by atoms with van der Waals surface area (Å²) in [5, 5.41) is 22.4. The molecule has 50 heavy (non-hydrogen) atoms. The first-order valence-electron chi connectivity index (χ1n) is 16.3. The zero-order valence-corrected chi connectivity index (χ0v) is 29.5. The fourth-order valence-electron chi connectivity index (χ4n) is 5.63. The number of aromatic nitrogens is 1. The van der Waals surface area contributed by atoms with Gasteiger partial charge in [0.2, 0.25) is 23.6 Å². The lowest BCUT2D eigenvalue weighted by molar-refractivity contribution is -0.144. The van der Waals surface area contributed by atoms with Crippen molar-refractivity contribution < 1.29 is 29.0 Å². The minimum absolute atomic E-state index is 0.0313. The molecule has 15 heteroatoms. The second-order valence-corrected chi connectivity index (χ2v) is 14.1. The number of hydrogen-bond acceptors (Lipinski definition) is 9. The molecule has 266 valence electrons. The van der Waals surface area contributed by atoms with Crippen molar-refractivity contribution in [2.24, 2.45) is 10.5 Å². The number of likely N-dealkylation sites (tertiary alicyclic amines) is 1. The molecular weight excluding hydrogens is 661 g/mol. The third kappa shape index (κ3) is 10.6. The molecule has 1 aliphatic heterocycles. The van der Waals surface area contributed by atoms with Gasteiger partial charge >= 0.3 is 0 Å². The SMILES string of the molecule is Cc1ncsc1-c1ccc(CNC(=O)[C@@H]2C[C@@H](O)CN2C(=O)[C@@H](NC(=O)[C@H](Cc2ccccc2)NC(=O)COCCN=[N+]=[N-])C(C)(C)C)cc1. The summed E-state index contributed by atoms with van der Waals surface area (Å²) in [6.07, 6.45) is -0.726. The Morgan fingerprint density at radius 1 is 1.10 bits per heavy atom. The molecule has 1 aromatic heterocycles. The molecule has 4 atom stereocenters. The molecule has 4 N–H and O–H groups in total. The number of benzene rings is 2. The fraction of sp³-hybridized carbons (Fsp3) is 0.457. The lowest BCUT2D eigenvalue weighted by Crippen LogP contribution is -2.60. The number of nitrogens with one attached hydrogen (secondary N) is 3. The number of nitrogens with zero attached hydrogens (tertiary/aromatic N) is 5. The van der Waals surface area contributed by atoms with Crippen LogP contribution in [0.25, 0.3) is 20.9 Å². The van der Waals surface area contributed by atoms with Gasteiger partial charge < -0.3 is 30.7 Å². The van der Waals surface area contributed by atoms with Crippen LogP contribution in [0.5, 0.6) is 0 Å². The largest absolute Gasteiger partial charge is 0.391 e. The van der Waals surface area contributed by atoms with Gasteiger partial charge in [-0.25, -0.2) is 4.98 Å². The number of azide groups is 1. The topological polar surface area (TPSA) is 199 Å². The summed E-state index contributed by atoms with van der Waals surface area (Å²) in [6, 6.07) is 13.8. The predicted molar refractivity (Wildman–Crippen MR) is 189 cm³/mol. The van der Waals surface area contributed by atoms with Crippen molar-refractivity contribution in [3.8, 4) is 10.4 Å². The minimum Gasteiger partial charge on any atom is -0.391 e. The van der Waals surface area contributed by atoms with Crippen molar-refractivity contribution in [3.05, 3.63) is 87.4 Å². The molecule has 3 aromatic rings. The third-order valence-electron chi connectivity index (χ3n) is 8.26. The van der Waals surface area contributed by atoms with Crippen LogP contribution in [0.4, 0.5) is 0 Å². The van der Waals surface area contributed by atoms with Gasteiger partial charge in [0.05, 0.1) is 28.8 Å². The van der Waals surface area contributed by atoms with Crippen LogP contribution >= 0.6 is 11.3 Å². The Kier molecular flexibility index (Phi) is 13.5. The second-order valence-electron chi connectivity index (χ2n) is 13.2. The molecule has 2 heterocycles. The van der Waals surface area contributed by atoms with E-state index in [2.05, 4.69) is 31.0 Å². The average molecular weight is 705 g/mol. The van der Waals surface area contributed by atoms with Crippen molar-refractivity contribution in [2.45, 2.75) is 71.3 Å². The highest BCUT2D eigenvalue weighted by Crippen LogP contribution is 2.28. The molecule has 0 unspecified atom stereocenters. The van der Waals surface area contributed by atoms with Crippen LogP contribution in [0.15, 0.2) is 65.2 Å². The van der Waals surface area contributed by atoms with E-state index in [4.69, 9.17) is 10.3 Å². The first-order valence-corrected chi connectivity index (χ1v) is 17.2. The summed E-state index contributed by atoms with van der Waals surface area (Å²) in [6.45, 7) is 7.20. The first kappa shape index (κ1) is 38.0. The van der Waals surface area contributed by atoms with Crippen molar-refractivity contribution in [3.63, 3.8) is 0 Å². The summed E-state index contributed by atoms with van der Waals surface area (Å²) < 4.78 is 5.25. The van der Waals surface area contributed by atoms with E-state index in [9.17, 15) is 24.3 Å². The predicted octanol–water partition coefficient (Wildman–Crippen LogP) is 3.28. The molecule has 0 aliphatic carbocycles. The summed E-state index contributed by atoms with van der Waals surface area (Å²) >= 11 is 1.56. The number of rotatable bonds is 15. The van der Waals surface area contributed by atoms with Gasteiger partial charge in [0, 0.05) is 37.4 Å². The highest BCUT2D eigenvalue weighted by Gasteiger charge is 2.45. The Morgan fingerprint density at radius 2 is 1.82 bits per heavy atom. The number of amides is 4. The highest BCUT2D eigenvalue weighted by molar-refractivity contribution is 7.13. The average Bonchev–Trinajstić information content (AvgIpc) is 3.70. The van der Waals surface area contributed by atoms with E-state index in [-0.39, 0.29) is 45.7 Å². The molecule has 1 saturated heterocycles. The number of thiazole rings is 1. The van der Waals surface area contributed by atoms with Gasteiger partial charge in [-0.15, -0.1) is 11.3 Å². The number of aryl methyl sites for hydroxylation is 1. The van der Waals surface area contributed by atoms with Crippen LogP contribution in [0.2, 0.25) is 0 Å². The quantitative estimate of drug-likeness (QED) is 0.0805. The lowest BCUT2D eigenvalue weighted by atomic mass is 9.85. The summed E-state index contributed by atoms with van der Waals surface area (Å²) in [5.41, 5.74) is 13.0. The number of carbonyl (C=O) groups excluding carboxylic acids is 4. The van der Waals surface area contributed by atoms with E-state index < -0.39 is 53.3 Å². The summed E-state index contributed by atoms with van der Waals surface area (Å²) in [5.74, 6) is -2.08. The van der Waals surface area contributed by atoms with Gasteiger partial charge in [-0.1, -0.05) is 80.5 Å². The van der Waals surface area contributed by atoms with Crippen molar-refractivity contribution in [2.75, 3.05) is 26.3 Å². The maximum atomic E-state index is 14.1. The Hall–Kier alpha value is -4.82. The van der Waals surface area contributed by atoms with E-state index in [0.29, 0.717) is 0 Å². The Balaban J connectivity index is 1.44. The summed E-state index contributed by atoms with van der Waals surface area (Å²) in [4.78, 5) is 63.5. The highest BCUT2D eigenvalue weighted by atomic mass is 32.1. The van der Waals surface area contributed by atoms with Gasteiger partial charge in [-0.3, -0.25) is 19.2 Å². The van der Waals surface area contributed by atoms with Gasteiger partial charge in [-0.05, 0) is 34.6 Å². The molecule has 0 spiro atoms. The Morgan fingerprint density at radius 3 is 2.46 bits per heavy atom. The van der Waals surface area contributed by atoms with Crippen LogP contribution in [-0.4, -0.2) is 89.2 Å². The number of aliphatic hydroxyl groups is 1. The van der Waals surface area contributed by atoms with Crippen molar-refractivity contribution >= 4 is 35.0 Å². The Labute approximate surface area is 295 Å². The number of β-amino-alcohol motifs (C(OH)–C–C–N with tert-alkyl or cyclic N) is 1. The molecule has 0 radical (unpaired) electrons. The standard InChI is InChI=1S/C35H44N8O6S/c1-22-30(50-21-38-22)25-12-10-24(11-13-25)18-37-33(47)28-17-26(44)19-43(28)34(48)31(35(2,3)4)41-32(46)27(16-23-8-6-5-7-9-23)40-29(45)20-49-15-14-39-42-36/h5-13,21,26-28,31,44H,14-20H2,1-4H3,(H,37,47)(H,40,45)(H,41,46)/t26-,27+,28+,31-/m1/s1. The number of aliphatic hydroxyl groups excluding tert-OH is 1. The van der Waals surface area contributed by atoms with Gasteiger partial charge in [0.1, 0.15) is 24.7 Å².